The van der Waals surface area contributed by atoms with Gasteiger partial charge in [-0.3, -0.25) is 4.79 Å². The third-order valence-corrected chi connectivity index (χ3v) is 2.88. The van der Waals surface area contributed by atoms with E-state index in [1.54, 1.807) is 19.9 Å². The van der Waals surface area contributed by atoms with Crippen molar-refractivity contribution in [3.63, 3.8) is 0 Å². The summed E-state index contributed by atoms with van der Waals surface area (Å²) in [4.78, 5) is 23.8. The van der Waals surface area contributed by atoms with Crippen molar-refractivity contribution in [1.82, 2.24) is 0 Å². The van der Waals surface area contributed by atoms with Gasteiger partial charge in [0, 0.05) is 0 Å². The van der Waals surface area contributed by atoms with Gasteiger partial charge in [0.25, 0.3) is 0 Å². The van der Waals surface area contributed by atoms with Crippen LogP contribution < -0.4 is 0 Å². The zero-order valence-electron chi connectivity index (χ0n) is 12.4. The number of aryl methyl sites for hydroxylation is 1. The molecule has 0 N–H and O–H groups in total. The summed E-state index contributed by atoms with van der Waals surface area (Å²) in [5.41, 5.74) is 2.12. The van der Waals surface area contributed by atoms with Gasteiger partial charge in [-0.1, -0.05) is 31.5 Å². The van der Waals surface area contributed by atoms with Crippen molar-refractivity contribution < 1.29 is 19.1 Å². The monoisotopic (exact) mass is 278 g/mol. The normalized spacial score (nSPS) is 10.2. The molecule has 0 spiro atoms. The number of benzene rings is 1. The Kier molecular flexibility index (Phi) is 6.77. The van der Waals surface area contributed by atoms with E-state index in [4.69, 9.17) is 9.47 Å². The highest BCUT2D eigenvalue weighted by molar-refractivity contribution is 5.94. The Hall–Kier alpha value is -1.84. The fourth-order valence-electron chi connectivity index (χ4n) is 2.11. The second-order valence-corrected chi connectivity index (χ2v) is 4.40. The predicted molar refractivity (Wildman–Crippen MR) is 76.7 cm³/mol. The fourth-order valence-corrected chi connectivity index (χ4v) is 2.11. The number of hydrogen-bond donors (Lipinski definition) is 0. The highest BCUT2D eigenvalue weighted by atomic mass is 16.5. The third kappa shape index (κ3) is 4.37. The van der Waals surface area contributed by atoms with Crippen LogP contribution in [0.5, 0.6) is 0 Å². The van der Waals surface area contributed by atoms with Gasteiger partial charge in [-0.25, -0.2) is 4.79 Å². The minimum atomic E-state index is -0.365. The molecule has 1 aromatic carbocycles. The van der Waals surface area contributed by atoms with Crippen molar-refractivity contribution in [3.05, 3.63) is 34.9 Å². The van der Waals surface area contributed by atoms with E-state index in [-0.39, 0.29) is 18.4 Å². The van der Waals surface area contributed by atoms with Crippen LogP contribution in [-0.4, -0.2) is 25.2 Å². The Labute approximate surface area is 120 Å². The van der Waals surface area contributed by atoms with Crippen molar-refractivity contribution >= 4 is 11.9 Å². The lowest BCUT2D eigenvalue weighted by molar-refractivity contribution is -0.142. The highest BCUT2D eigenvalue weighted by Crippen LogP contribution is 2.19. The molecule has 110 valence electrons. The molecule has 0 aliphatic rings. The van der Waals surface area contributed by atoms with Crippen LogP contribution in [0.15, 0.2) is 18.2 Å². The van der Waals surface area contributed by atoms with E-state index in [0.717, 1.165) is 18.4 Å². The van der Waals surface area contributed by atoms with E-state index in [1.807, 2.05) is 19.1 Å². The van der Waals surface area contributed by atoms with Gasteiger partial charge in [0.05, 0.1) is 25.2 Å². The third-order valence-electron chi connectivity index (χ3n) is 2.88. The molecule has 0 bridgehead atoms. The molecule has 1 aromatic rings. The quantitative estimate of drug-likeness (QED) is 0.720. The lowest BCUT2D eigenvalue weighted by Gasteiger charge is -2.13. The molecule has 0 unspecified atom stereocenters. The number of hydrogen-bond acceptors (Lipinski definition) is 4. The minimum absolute atomic E-state index is 0.0968. The van der Waals surface area contributed by atoms with Gasteiger partial charge in [0.15, 0.2) is 0 Å². The summed E-state index contributed by atoms with van der Waals surface area (Å²) in [6.45, 7) is 6.23. The molecule has 0 aliphatic heterocycles. The van der Waals surface area contributed by atoms with Crippen molar-refractivity contribution in [2.45, 2.75) is 40.0 Å². The van der Waals surface area contributed by atoms with Gasteiger partial charge in [-0.2, -0.15) is 0 Å². The minimum Gasteiger partial charge on any atom is -0.466 e. The Balaban J connectivity index is 3.11. The fraction of sp³-hybridized carbons (Fsp3) is 0.500. The summed E-state index contributed by atoms with van der Waals surface area (Å²) in [6.07, 6.45) is 1.81. The maximum absolute atomic E-state index is 12.1. The van der Waals surface area contributed by atoms with E-state index < -0.39 is 0 Å². The average Bonchev–Trinajstić information content (AvgIpc) is 2.39. The molecule has 0 fully saturated rings. The molecule has 0 saturated carbocycles. The SMILES string of the molecule is CCCc1cccc(CC(=O)OCC)c1C(=O)OCC. The first-order chi connectivity index (χ1) is 9.63. The first-order valence-electron chi connectivity index (χ1n) is 7.07. The summed E-state index contributed by atoms with van der Waals surface area (Å²) < 4.78 is 10.1. The maximum Gasteiger partial charge on any atom is 0.338 e. The van der Waals surface area contributed by atoms with Gasteiger partial charge in [0.1, 0.15) is 0 Å². The molecule has 0 aromatic heterocycles. The van der Waals surface area contributed by atoms with E-state index in [2.05, 4.69) is 0 Å². The van der Waals surface area contributed by atoms with Crippen LogP contribution in [0.3, 0.4) is 0 Å². The average molecular weight is 278 g/mol. The van der Waals surface area contributed by atoms with Crippen LogP contribution >= 0.6 is 0 Å². The van der Waals surface area contributed by atoms with Crippen molar-refractivity contribution in [2.24, 2.45) is 0 Å². The molecular weight excluding hydrogens is 256 g/mol. The number of rotatable bonds is 7. The van der Waals surface area contributed by atoms with Crippen LogP contribution in [0.25, 0.3) is 0 Å². The van der Waals surface area contributed by atoms with E-state index in [1.165, 1.54) is 0 Å². The number of ether oxygens (including phenoxy) is 2. The summed E-state index contributed by atoms with van der Waals surface area (Å²) in [5.74, 6) is -0.692. The van der Waals surface area contributed by atoms with Crippen LogP contribution in [0.2, 0.25) is 0 Å². The first-order valence-corrected chi connectivity index (χ1v) is 7.07. The standard InChI is InChI=1S/C16H22O4/c1-4-8-12-9-7-10-13(11-14(17)19-5-2)15(12)16(18)20-6-3/h7,9-10H,4-6,8,11H2,1-3H3. The second-order valence-electron chi connectivity index (χ2n) is 4.40. The second kappa shape index (κ2) is 8.35. The highest BCUT2D eigenvalue weighted by Gasteiger charge is 2.19. The Morgan fingerprint density at radius 3 is 2.25 bits per heavy atom. The van der Waals surface area contributed by atoms with Crippen molar-refractivity contribution in [1.29, 1.82) is 0 Å². The predicted octanol–water partition coefficient (Wildman–Crippen LogP) is 2.92. The van der Waals surface area contributed by atoms with Crippen LogP contribution in [-0.2, 0) is 27.1 Å². The molecule has 4 nitrogen and oxygen atoms in total. The zero-order valence-corrected chi connectivity index (χ0v) is 12.4. The maximum atomic E-state index is 12.1. The summed E-state index contributed by atoms with van der Waals surface area (Å²) in [6, 6.07) is 5.55. The first kappa shape index (κ1) is 16.2. The van der Waals surface area contributed by atoms with Crippen molar-refractivity contribution in [3.8, 4) is 0 Å². The van der Waals surface area contributed by atoms with Gasteiger partial charge >= 0.3 is 11.9 Å². The molecule has 0 amide bonds. The van der Waals surface area contributed by atoms with E-state index >= 15 is 0 Å². The Morgan fingerprint density at radius 1 is 1.00 bits per heavy atom. The lowest BCUT2D eigenvalue weighted by Crippen LogP contribution is -2.15. The molecular formula is C16H22O4. The summed E-state index contributed by atoms with van der Waals surface area (Å²) >= 11 is 0. The van der Waals surface area contributed by atoms with Crippen LogP contribution in [0.1, 0.15) is 48.7 Å². The molecule has 0 radical (unpaired) electrons. The van der Waals surface area contributed by atoms with Gasteiger partial charge in [-0.15, -0.1) is 0 Å². The molecule has 0 saturated heterocycles. The Bertz CT molecular complexity index is 466. The zero-order chi connectivity index (χ0) is 15.0. The van der Waals surface area contributed by atoms with Gasteiger partial charge in [-0.05, 0) is 31.4 Å². The number of esters is 2. The molecule has 0 heterocycles. The largest absolute Gasteiger partial charge is 0.466 e. The molecule has 1 rings (SSSR count). The summed E-state index contributed by atoms with van der Waals surface area (Å²) in [5, 5.41) is 0. The lowest BCUT2D eigenvalue weighted by atomic mass is 9.96. The van der Waals surface area contributed by atoms with Crippen molar-refractivity contribution in [2.75, 3.05) is 13.2 Å². The topological polar surface area (TPSA) is 52.6 Å². The Morgan fingerprint density at radius 2 is 1.65 bits per heavy atom. The molecule has 0 atom stereocenters. The van der Waals surface area contributed by atoms with Gasteiger partial charge < -0.3 is 9.47 Å². The molecule has 0 aliphatic carbocycles. The van der Waals surface area contributed by atoms with E-state index in [9.17, 15) is 9.59 Å². The molecule has 20 heavy (non-hydrogen) atoms. The number of carbonyl (C=O) groups excluding carboxylic acids is 2. The van der Waals surface area contributed by atoms with Gasteiger partial charge in [0.2, 0.25) is 0 Å². The summed E-state index contributed by atoms with van der Waals surface area (Å²) in [7, 11) is 0. The molecule has 4 heteroatoms. The van der Waals surface area contributed by atoms with Crippen LogP contribution in [0, 0.1) is 0 Å². The van der Waals surface area contributed by atoms with Crippen LogP contribution in [0.4, 0.5) is 0 Å². The van der Waals surface area contributed by atoms with E-state index in [0.29, 0.717) is 24.3 Å². The number of carbonyl (C=O) groups is 2. The smallest absolute Gasteiger partial charge is 0.338 e.